The van der Waals surface area contributed by atoms with Crippen LogP contribution in [0, 0.1) is 5.92 Å². The van der Waals surface area contributed by atoms with Gasteiger partial charge in [-0.1, -0.05) is 0 Å². The summed E-state index contributed by atoms with van der Waals surface area (Å²) < 4.78 is 0. The predicted octanol–water partition coefficient (Wildman–Crippen LogP) is -0.846. The molecule has 0 aromatic heterocycles. The summed E-state index contributed by atoms with van der Waals surface area (Å²) in [5, 5.41) is 3.25. The zero-order valence-corrected chi connectivity index (χ0v) is 7.99. The molecule has 0 bridgehead atoms. The Morgan fingerprint density at radius 3 is 2.62 bits per heavy atom. The van der Waals surface area contributed by atoms with Crippen LogP contribution in [0.2, 0.25) is 0 Å². The van der Waals surface area contributed by atoms with Crippen LogP contribution in [0.5, 0.6) is 0 Å². The summed E-state index contributed by atoms with van der Waals surface area (Å²) in [6.45, 7) is 5.40. The number of amides is 1. The molecule has 0 saturated carbocycles. The van der Waals surface area contributed by atoms with Crippen LogP contribution in [0.3, 0.4) is 0 Å². The van der Waals surface area contributed by atoms with Crippen molar-refractivity contribution in [2.75, 3.05) is 19.6 Å². The summed E-state index contributed by atoms with van der Waals surface area (Å²) >= 11 is 0. The number of nitrogens with one attached hydrogen (secondary N) is 1. The zero-order valence-electron chi connectivity index (χ0n) is 7.99. The number of rotatable bonds is 3. The molecule has 0 radical (unpaired) electrons. The second kappa shape index (κ2) is 3.27. The summed E-state index contributed by atoms with van der Waals surface area (Å²) in [6, 6.07) is 0.517. The van der Waals surface area contributed by atoms with Gasteiger partial charge in [-0.25, -0.2) is 0 Å². The van der Waals surface area contributed by atoms with Gasteiger partial charge in [-0.2, -0.15) is 0 Å². The molecule has 2 aliphatic rings. The van der Waals surface area contributed by atoms with E-state index in [4.69, 9.17) is 5.73 Å². The Kier molecular flexibility index (Phi) is 2.26. The minimum Gasteiger partial charge on any atom is -0.368 e. The van der Waals surface area contributed by atoms with Gasteiger partial charge in [-0.15, -0.1) is 0 Å². The van der Waals surface area contributed by atoms with E-state index in [1.54, 1.807) is 0 Å². The largest absolute Gasteiger partial charge is 0.368 e. The third-order valence-corrected chi connectivity index (χ3v) is 3.41. The van der Waals surface area contributed by atoms with Gasteiger partial charge in [0.2, 0.25) is 5.91 Å². The number of primary amides is 1. The lowest BCUT2D eigenvalue weighted by atomic mass is 9.89. The standard InChI is InChI=1S/C9H17N3O/c1-6(7-4-11-5-7)12-3-2-8(12)9(10)13/h6-8,11H,2-5H2,1H3,(H2,10,13). The summed E-state index contributed by atoms with van der Waals surface area (Å²) in [7, 11) is 0. The molecule has 13 heavy (non-hydrogen) atoms. The van der Waals surface area contributed by atoms with Crippen LogP contribution < -0.4 is 11.1 Å². The Hall–Kier alpha value is -0.610. The maximum atomic E-state index is 11.0. The van der Waals surface area contributed by atoms with Crippen molar-refractivity contribution >= 4 is 5.91 Å². The van der Waals surface area contributed by atoms with E-state index >= 15 is 0 Å². The number of likely N-dealkylation sites (tertiary alicyclic amines) is 1. The number of carbonyl (C=O) groups excluding carboxylic acids is 1. The summed E-state index contributed by atoms with van der Waals surface area (Å²) in [5.41, 5.74) is 5.29. The average molecular weight is 183 g/mol. The highest BCUT2D eigenvalue weighted by Gasteiger charge is 2.39. The van der Waals surface area contributed by atoms with Gasteiger partial charge in [0.15, 0.2) is 0 Å². The fraction of sp³-hybridized carbons (Fsp3) is 0.889. The third-order valence-electron chi connectivity index (χ3n) is 3.41. The van der Waals surface area contributed by atoms with Crippen LogP contribution in [-0.4, -0.2) is 42.5 Å². The topological polar surface area (TPSA) is 58.4 Å². The first-order chi connectivity index (χ1) is 6.20. The number of hydrogen-bond acceptors (Lipinski definition) is 3. The lowest BCUT2D eigenvalue weighted by Gasteiger charge is -2.48. The van der Waals surface area contributed by atoms with Crippen LogP contribution >= 0.6 is 0 Å². The van der Waals surface area contributed by atoms with E-state index in [1.807, 2.05) is 0 Å². The average Bonchev–Trinajstić information content (AvgIpc) is 1.76. The molecule has 0 aromatic carbocycles. The van der Waals surface area contributed by atoms with Gasteiger partial charge < -0.3 is 11.1 Å². The monoisotopic (exact) mass is 183 g/mol. The Bertz CT molecular complexity index is 215. The zero-order chi connectivity index (χ0) is 9.42. The van der Waals surface area contributed by atoms with E-state index in [2.05, 4.69) is 17.1 Å². The van der Waals surface area contributed by atoms with Gasteiger partial charge in [-0.3, -0.25) is 9.69 Å². The molecule has 2 heterocycles. The second-order valence-electron chi connectivity index (χ2n) is 4.10. The molecule has 2 aliphatic heterocycles. The smallest absolute Gasteiger partial charge is 0.234 e. The molecule has 4 heteroatoms. The molecule has 2 rings (SSSR count). The first kappa shape index (κ1) is 8.97. The van der Waals surface area contributed by atoms with Gasteiger partial charge in [-0.05, 0) is 19.3 Å². The highest BCUT2D eigenvalue weighted by molar-refractivity contribution is 5.80. The Labute approximate surface area is 78.5 Å². The van der Waals surface area contributed by atoms with Crippen molar-refractivity contribution < 1.29 is 4.79 Å². The minimum absolute atomic E-state index is 0.00981. The van der Waals surface area contributed by atoms with Gasteiger partial charge in [0.1, 0.15) is 0 Å². The van der Waals surface area contributed by atoms with E-state index in [1.165, 1.54) is 0 Å². The molecule has 2 saturated heterocycles. The van der Waals surface area contributed by atoms with Crippen LogP contribution in [0.15, 0.2) is 0 Å². The normalized spacial score (nSPS) is 31.9. The molecule has 74 valence electrons. The van der Waals surface area contributed by atoms with Crippen molar-refractivity contribution in [3.63, 3.8) is 0 Å². The third kappa shape index (κ3) is 1.44. The Balaban J connectivity index is 1.89. The molecular weight excluding hydrogens is 166 g/mol. The molecule has 4 nitrogen and oxygen atoms in total. The maximum Gasteiger partial charge on any atom is 0.234 e. The Morgan fingerprint density at radius 1 is 1.62 bits per heavy atom. The lowest BCUT2D eigenvalue weighted by Crippen LogP contribution is -2.63. The van der Waals surface area contributed by atoms with Crippen molar-refractivity contribution in [3.05, 3.63) is 0 Å². The minimum atomic E-state index is -0.162. The highest BCUT2D eigenvalue weighted by atomic mass is 16.1. The summed E-state index contributed by atoms with van der Waals surface area (Å²) in [6.07, 6.45) is 0.944. The molecule has 2 unspecified atom stereocenters. The fourth-order valence-corrected chi connectivity index (χ4v) is 2.12. The number of carbonyl (C=O) groups is 1. The molecular formula is C9H17N3O. The summed E-state index contributed by atoms with van der Waals surface area (Å²) in [4.78, 5) is 13.2. The predicted molar refractivity (Wildman–Crippen MR) is 50.1 cm³/mol. The van der Waals surface area contributed by atoms with Crippen molar-refractivity contribution in [1.82, 2.24) is 10.2 Å². The van der Waals surface area contributed by atoms with Gasteiger partial charge in [0.05, 0.1) is 6.04 Å². The number of nitrogens with zero attached hydrogens (tertiary/aromatic N) is 1. The second-order valence-corrected chi connectivity index (χ2v) is 4.10. The maximum absolute atomic E-state index is 11.0. The highest BCUT2D eigenvalue weighted by Crippen LogP contribution is 2.25. The van der Waals surface area contributed by atoms with E-state index < -0.39 is 0 Å². The van der Waals surface area contributed by atoms with Crippen molar-refractivity contribution in [2.24, 2.45) is 11.7 Å². The molecule has 0 aromatic rings. The van der Waals surface area contributed by atoms with Crippen LogP contribution in [0.1, 0.15) is 13.3 Å². The molecule has 0 spiro atoms. The summed E-state index contributed by atoms with van der Waals surface area (Å²) in [5.74, 6) is 0.549. The van der Waals surface area contributed by atoms with Crippen molar-refractivity contribution in [3.8, 4) is 0 Å². The molecule has 2 atom stereocenters. The molecule has 3 N–H and O–H groups in total. The molecule has 0 aliphatic carbocycles. The fourth-order valence-electron chi connectivity index (χ4n) is 2.12. The van der Waals surface area contributed by atoms with E-state index in [0.717, 1.165) is 26.1 Å². The van der Waals surface area contributed by atoms with E-state index in [0.29, 0.717) is 12.0 Å². The van der Waals surface area contributed by atoms with Gasteiger partial charge >= 0.3 is 0 Å². The van der Waals surface area contributed by atoms with Crippen LogP contribution in [-0.2, 0) is 4.79 Å². The Morgan fingerprint density at radius 2 is 2.31 bits per heavy atom. The van der Waals surface area contributed by atoms with E-state index in [9.17, 15) is 4.79 Å². The quantitative estimate of drug-likeness (QED) is 0.599. The van der Waals surface area contributed by atoms with Crippen LogP contribution in [0.4, 0.5) is 0 Å². The number of hydrogen-bond donors (Lipinski definition) is 2. The SMILES string of the molecule is CC(C1CNC1)N1CCC1C(N)=O. The first-order valence-electron chi connectivity index (χ1n) is 4.96. The molecule has 2 fully saturated rings. The molecule has 1 amide bonds. The number of nitrogens with two attached hydrogens (primary N) is 1. The van der Waals surface area contributed by atoms with Crippen molar-refractivity contribution in [2.45, 2.75) is 25.4 Å². The van der Waals surface area contributed by atoms with Gasteiger partial charge in [0, 0.05) is 25.7 Å². The lowest BCUT2D eigenvalue weighted by molar-refractivity contribution is -0.130. The van der Waals surface area contributed by atoms with Gasteiger partial charge in [0.25, 0.3) is 0 Å². The first-order valence-corrected chi connectivity index (χ1v) is 4.96. The van der Waals surface area contributed by atoms with Crippen molar-refractivity contribution in [1.29, 1.82) is 0 Å². The van der Waals surface area contributed by atoms with Crippen LogP contribution in [0.25, 0.3) is 0 Å². The van der Waals surface area contributed by atoms with E-state index in [-0.39, 0.29) is 11.9 Å².